The summed E-state index contributed by atoms with van der Waals surface area (Å²) in [5.41, 5.74) is 0.803. The summed E-state index contributed by atoms with van der Waals surface area (Å²) in [4.78, 5) is 0. The average Bonchev–Trinajstić information content (AvgIpc) is 2.81. The first-order valence-electron chi connectivity index (χ1n) is 5.86. The topological polar surface area (TPSA) is 25.2 Å². The van der Waals surface area contributed by atoms with E-state index < -0.39 is 0 Å². The van der Waals surface area contributed by atoms with Gasteiger partial charge in [0.2, 0.25) is 0 Å². The molecule has 0 aliphatic carbocycles. The van der Waals surface area contributed by atoms with Crippen molar-refractivity contribution >= 4 is 11.6 Å². The van der Waals surface area contributed by atoms with E-state index in [0.717, 1.165) is 23.5 Å². The lowest BCUT2D eigenvalue weighted by atomic mass is 10.0. The molecule has 1 aromatic heterocycles. The maximum absolute atomic E-state index is 13.0. The summed E-state index contributed by atoms with van der Waals surface area (Å²) in [6, 6.07) is 8.07. The van der Waals surface area contributed by atoms with Gasteiger partial charge in [-0.15, -0.1) is 0 Å². The van der Waals surface area contributed by atoms with Crippen molar-refractivity contribution in [3.05, 3.63) is 58.3 Å². The van der Waals surface area contributed by atoms with Gasteiger partial charge in [-0.3, -0.25) is 0 Å². The van der Waals surface area contributed by atoms with Crippen LogP contribution in [0.15, 0.2) is 34.7 Å². The zero-order chi connectivity index (χ0) is 13.1. The number of nitrogens with one attached hydrogen (secondary N) is 1. The number of hydrogen-bond donors (Lipinski definition) is 1. The third kappa shape index (κ3) is 2.57. The number of aryl methyl sites for hydroxylation is 1. The molecule has 2 aromatic rings. The molecule has 1 aromatic carbocycles. The van der Waals surface area contributed by atoms with Crippen molar-refractivity contribution in [3.63, 3.8) is 0 Å². The van der Waals surface area contributed by atoms with Crippen molar-refractivity contribution < 1.29 is 8.81 Å². The van der Waals surface area contributed by atoms with Crippen LogP contribution >= 0.6 is 11.6 Å². The SMILES string of the molecule is CCc1ccc(C(NC)c2ccc(F)cc2Cl)o1. The fourth-order valence-corrected chi connectivity index (χ4v) is 2.20. The standard InChI is InChI=1S/C14H15ClFNO/c1-3-10-5-7-13(18-10)14(17-2)11-6-4-9(16)8-12(11)15/h4-8,14,17H,3H2,1-2H3. The van der Waals surface area contributed by atoms with Crippen LogP contribution in [0, 0.1) is 5.82 Å². The van der Waals surface area contributed by atoms with E-state index in [1.807, 2.05) is 26.1 Å². The zero-order valence-corrected chi connectivity index (χ0v) is 11.1. The minimum atomic E-state index is -0.340. The van der Waals surface area contributed by atoms with Crippen LogP contribution in [0.2, 0.25) is 5.02 Å². The molecule has 0 amide bonds. The number of benzene rings is 1. The van der Waals surface area contributed by atoms with E-state index in [1.165, 1.54) is 12.1 Å². The van der Waals surface area contributed by atoms with Crippen molar-refractivity contribution in [1.29, 1.82) is 0 Å². The molecule has 1 unspecified atom stereocenters. The first kappa shape index (κ1) is 13.1. The molecule has 0 spiro atoms. The minimum Gasteiger partial charge on any atom is -0.464 e. The summed E-state index contributed by atoms with van der Waals surface area (Å²) in [5.74, 6) is 1.36. The van der Waals surface area contributed by atoms with Crippen molar-refractivity contribution in [2.45, 2.75) is 19.4 Å². The summed E-state index contributed by atoms with van der Waals surface area (Å²) in [6.45, 7) is 2.03. The fraction of sp³-hybridized carbons (Fsp3) is 0.286. The molecule has 0 bridgehead atoms. The third-order valence-corrected chi connectivity index (χ3v) is 3.20. The highest BCUT2D eigenvalue weighted by Gasteiger charge is 2.18. The molecule has 18 heavy (non-hydrogen) atoms. The Balaban J connectivity index is 2.38. The van der Waals surface area contributed by atoms with E-state index in [-0.39, 0.29) is 11.9 Å². The van der Waals surface area contributed by atoms with Crippen molar-refractivity contribution in [2.24, 2.45) is 0 Å². The van der Waals surface area contributed by atoms with E-state index in [2.05, 4.69) is 5.32 Å². The van der Waals surface area contributed by atoms with Gasteiger partial charge in [0.1, 0.15) is 17.3 Å². The monoisotopic (exact) mass is 267 g/mol. The molecule has 1 N–H and O–H groups in total. The average molecular weight is 268 g/mol. The van der Waals surface area contributed by atoms with Gasteiger partial charge in [0.15, 0.2) is 0 Å². The highest BCUT2D eigenvalue weighted by molar-refractivity contribution is 6.31. The molecular formula is C14H15ClFNO. The quantitative estimate of drug-likeness (QED) is 0.908. The molecule has 1 heterocycles. The molecule has 0 saturated heterocycles. The first-order valence-corrected chi connectivity index (χ1v) is 6.24. The summed E-state index contributed by atoms with van der Waals surface area (Å²) in [6.07, 6.45) is 0.841. The van der Waals surface area contributed by atoms with Gasteiger partial charge in [0, 0.05) is 11.4 Å². The lowest BCUT2D eigenvalue weighted by Crippen LogP contribution is -2.17. The molecule has 4 heteroatoms. The van der Waals surface area contributed by atoms with Gasteiger partial charge in [0.05, 0.1) is 6.04 Å². The Labute approximate surface area is 111 Å². The lowest BCUT2D eigenvalue weighted by Gasteiger charge is -2.15. The summed E-state index contributed by atoms with van der Waals surface area (Å²) < 4.78 is 18.8. The van der Waals surface area contributed by atoms with Gasteiger partial charge >= 0.3 is 0 Å². The van der Waals surface area contributed by atoms with Crippen LogP contribution < -0.4 is 5.32 Å². The van der Waals surface area contributed by atoms with Crippen LogP contribution in [0.5, 0.6) is 0 Å². The smallest absolute Gasteiger partial charge is 0.125 e. The maximum Gasteiger partial charge on any atom is 0.125 e. The molecule has 96 valence electrons. The first-order chi connectivity index (χ1) is 8.65. The predicted octanol–water partition coefficient (Wildman–Crippen LogP) is 3.94. The summed E-state index contributed by atoms with van der Waals surface area (Å²) >= 11 is 6.07. The van der Waals surface area contributed by atoms with Crippen LogP contribution in [0.3, 0.4) is 0 Å². The Hall–Kier alpha value is -1.32. The fourth-order valence-electron chi connectivity index (χ4n) is 1.93. The number of hydrogen-bond acceptors (Lipinski definition) is 2. The molecule has 0 aliphatic heterocycles. The van der Waals surface area contributed by atoms with Gasteiger partial charge in [-0.25, -0.2) is 4.39 Å². The predicted molar refractivity (Wildman–Crippen MR) is 70.4 cm³/mol. The molecule has 2 rings (SSSR count). The third-order valence-electron chi connectivity index (χ3n) is 2.88. The van der Waals surface area contributed by atoms with Crippen molar-refractivity contribution in [3.8, 4) is 0 Å². The molecule has 0 fully saturated rings. The van der Waals surface area contributed by atoms with Crippen LogP contribution in [-0.4, -0.2) is 7.05 Å². The minimum absolute atomic E-state index is 0.168. The Bertz CT molecular complexity index is 538. The van der Waals surface area contributed by atoms with Crippen LogP contribution in [0.25, 0.3) is 0 Å². The second-order valence-electron chi connectivity index (χ2n) is 4.05. The summed E-state index contributed by atoms with van der Waals surface area (Å²) in [5, 5.41) is 3.52. The molecule has 0 radical (unpaired) electrons. The Morgan fingerprint density at radius 1 is 1.33 bits per heavy atom. The number of halogens is 2. The van der Waals surface area contributed by atoms with E-state index in [1.54, 1.807) is 6.07 Å². The highest BCUT2D eigenvalue weighted by atomic mass is 35.5. The van der Waals surface area contributed by atoms with Gasteiger partial charge < -0.3 is 9.73 Å². The van der Waals surface area contributed by atoms with Gasteiger partial charge in [-0.05, 0) is 36.9 Å². The largest absolute Gasteiger partial charge is 0.464 e. The van der Waals surface area contributed by atoms with Crippen LogP contribution in [-0.2, 0) is 6.42 Å². The van der Waals surface area contributed by atoms with Gasteiger partial charge in [0.25, 0.3) is 0 Å². The van der Waals surface area contributed by atoms with E-state index in [4.69, 9.17) is 16.0 Å². The highest BCUT2D eigenvalue weighted by Crippen LogP contribution is 2.29. The Kier molecular flexibility index (Phi) is 4.04. The Morgan fingerprint density at radius 3 is 2.67 bits per heavy atom. The summed E-state index contributed by atoms with van der Waals surface area (Å²) in [7, 11) is 1.82. The van der Waals surface area contributed by atoms with E-state index >= 15 is 0 Å². The van der Waals surface area contributed by atoms with Crippen molar-refractivity contribution in [1.82, 2.24) is 5.32 Å². The number of rotatable bonds is 4. The lowest BCUT2D eigenvalue weighted by molar-refractivity contribution is 0.434. The van der Waals surface area contributed by atoms with Crippen LogP contribution in [0.4, 0.5) is 4.39 Å². The van der Waals surface area contributed by atoms with Crippen LogP contribution in [0.1, 0.15) is 30.0 Å². The van der Waals surface area contributed by atoms with Gasteiger partial charge in [-0.1, -0.05) is 24.6 Å². The molecule has 1 atom stereocenters. The van der Waals surface area contributed by atoms with E-state index in [9.17, 15) is 4.39 Å². The Morgan fingerprint density at radius 2 is 2.11 bits per heavy atom. The second kappa shape index (κ2) is 5.55. The normalized spacial score (nSPS) is 12.7. The van der Waals surface area contributed by atoms with E-state index in [0.29, 0.717) is 5.02 Å². The molecule has 0 aliphatic rings. The molecule has 2 nitrogen and oxygen atoms in total. The maximum atomic E-state index is 13.0. The molecule has 0 saturated carbocycles. The second-order valence-corrected chi connectivity index (χ2v) is 4.45. The number of furan rings is 1. The zero-order valence-electron chi connectivity index (χ0n) is 10.3. The molecular weight excluding hydrogens is 253 g/mol. The van der Waals surface area contributed by atoms with Crippen molar-refractivity contribution in [2.75, 3.05) is 7.05 Å². The van der Waals surface area contributed by atoms with Gasteiger partial charge in [-0.2, -0.15) is 0 Å².